The summed E-state index contributed by atoms with van der Waals surface area (Å²) in [4.78, 5) is 4.39. The van der Waals surface area contributed by atoms with Gasteiger partial charge in [-0.15, -0.1) is 0 Å². The van der Waals surface area contributed by atoms with Crippen LogP contribution < -0.4 is 5.73 Å². The molecule has 0 unspecified atom stereocenters. The van der Waals surface area contributed by atoms with Crippen molar-refractivity contribution in [1.29, 1.82) is 0 Å². The maximum Gasteiger partial charge on any atom is 0.126 e. The lowest BCUT2D eigenvalue weighted by atomic mass is 10.1. The third-order valence-corrected chi connectivity index (χ3v) is 2.76. The van der Waals surface area contributed by atoms with E-state index in [9.17, 15) is 0 Å². The molecule has 0 amide bonds. The molecule has 0 aliphatic carbocycles. The number of hydrogen-bond acceptors (Lipinski definition) is 2. The van der Waals surface area contributed by atoms with Gasteiger partial charge in [0.25, 0.3) is 0 Å². The molecule has 1 aromatic heterocycles. The monoisotopic (exact) mass is 229 g/mol. The van der Waals surface area contributed by atoms with E-state index in [0.29, 0.717) is 5.92 Å². The number of nitrogens with two attached hydrogens (primary N) is 1. The quantitative estimate of drug-likeness (QED) is 0.876. The van der Waals surface area contributed by atoms with Crippen molar-refractivity contribution in [3.8, 4) is 0 Å². The Balaban J connectivity index is 2.15. The minimum Gasteiger partial charge on any atom is -0.384 e. The van der Waals surface area contributed by atoms with E-state index in [2.05, 4.69) is 31.0 Å². The van der Waals surface area contributed by atoms with Crippen molar-refractivity contribution in [1.82, 2.24) is 9.55 Å². The van der Waals surface area contributed by atoms with E-state index in [4.69, 9.17) is 5.73 Å². The SMILES string of the molecule is CC(C)Cc1ncn(Cc2ccccc2)c1N. The van der Waals surface area contributed by atoms with E-state index >= 15 is 0 Å². The van der Waals surface area contributed by atoms with Crippen LogP contribution in [0.1, 0.15) is 25.1 Å². The largest absolute Gasteiger partial charge is 0.384 e. The van der Waals surface area contributed by atoms with Gasteiger partial charge in [-0.05, 0) is 17.9 Å². The smallest absolute Gasteiger partial charge is 0.126 e. The van der Waals surface area contributed by atoms with Crippen LogP contribution in [0.3, 0.4) is 0 Å². The Bertz CT molecular complexity index is 471. The van der Waals surface area contributed by atoms with Crippen LogP contribution in [0.5, 0.6) is 0 Å². The summed E-state index contributed by atoms with van der Waals surface area (Å²) in [5.74, 6) is 1.37. The summed E-state index contributed by atoms with van der Waals surface area (Å²) in [7, 11) is 0. The van der Waals surface area contributed by atoms with E-state index in [0.717, 1.165) is 24.5 Å². The summed E-state index contributed by atoms with van der Waals surface area (Å²) < 4.78 is 2.01. The molecule has 0 saturated carbocycles. The predicted molar refractivity (Wildman–Crippen MR) is 70.7 cm³/mol. The molecule has 90 valence electrons. The minimum absolute atomic E-state index is 0.581. The Morgan fingerprint density at radius 1 is 1.24 bits per heavy atom. The van der Waals surface area contributed by atoms with Gasteiger partial charge in [0.2, 0.25) is 0 Å². The standard InChI is InChI=1S/C14H19N3/c1-11(2)8-13-14(15)17(10-16-13)9-12-6-4-3-5-7-12/h3-7,10-11H,8-9,15H2,1-2H3. The summed E-state index contributed by atoms with van der Waals surface area (Å²) >= 11 is 0. The number of benzene rings is 1. The van der Waals surface area contributed by atoms with Crippen LogP contribution in [0.25, 0.3) is 0 Å². The number of aromatic nitrogens is 2. The van der Waals surface area contributed by atoms with Crippen LogP contribution >= 0.6 is 0 Å². The van der Waals surface area contributed by atoms with Crippen molar-refractivity contribution in [2.75, 3.05) is 5.73 Å². The molecule has 3 nitrogen and oxygen atoms in total. The Morgan fingerprint density at radius 2 is 1.94 bits per heavy atom. The Morgan fingerprint density at radius 3 is 2.59 bits per heavy atom. The molecule has 2 aromatic rings. The zero-order valence-corrected chi connectivity index (χ0v) is 10.4. The minimum atomic E-state index is 0.581. The second kappa shape index (κ2) is 5.04. The van der Waals surface area contributed by atoms with Gasteiger partial charge in [0.05, 0.1) is 18.6 Å². The first-order valence-electron chi connectivity index (χ1n) is 6.00. The van der Waals surface area contributed by atoms with Crippen LogP contribution in [0.15, 0.2) is 36.7 Å². The van der Waals surface area contributed by atoms with Crippen molar-refractivity contribution < 1.29 is 0 Å². The first-order valence-corrected chi connectivity index (χ1v) is 6.00. The summed E-state index contributed by atoms with van der Waals surface area (Å²) in [5.41, 5.74) is 8.35. The molecule has 0 saturated heterocycles. The number of imidazole rings is 1. The second-order valence-electron chi connectivity index (χ2n) is 4.79. The number of hydrogen-bond donors (Lipinski definition) is 1. The predicted octanol–water partition coefficient (Wildman–Crippen LogP) is 2.71. The van der Waals surface area contributed by atoms with Gasteiger partial charge in [-0.2, -0.15) is 0 Å². The molecule has 0 bridgehead atoms. The summed E-state index contributed by atoms with van der Waals surface area (Å²) in [6.07, 6.45) is 2.77. The fourth-order valence-corrected chi connectivity index (χ4v) is 1.88. The normalized spacial score (nSPS) is 11.0. The van der Waals surface area contributed by atoms with E-state index < -0.39 is 0 Å². The molecule has 0 spiro atoms. The van der Waals surface area contributed by atoms with Gasteiger partial charge in [-0.3, -0.25) is 0 Å². The van der Waals surface area contributed by atoms with Gasteiger partial charge >= 0.3 is 0 Å². The van der Waals surface area contributed by atoms with Gasteiger partial charge < -0.3 is 10.3 Å². The van der Waals surface area contributed by atoms with E-state index in [1.165, 1.54) is 5.56 Å². The van der Waals surface area contributed by atoms with Gasteiger partial charge in [0, 0.05) is 0 Å². The Hall–Kier alpha value is -1.77. The average Bonchev–Trinajstić information content (AvgIpc) is 2.62. The van der Waals surface area contributed by atoms with Crippen LogP contribution in [0, 0.1) is 5.92 Å². The Kier molecular flexibility index (Phi) is 3.47. The number of rotatable bonds is 4. The lowest BCUT2D eigenvalue weighted by Crippen LogP contribution is -2.05. The van der Waals surface area contributed by atoms with Gasteiger partial charge in [0.15, 0.2) is 0 Å². The number of anilines is 1. The van der Waals surface area contributed by atoms with Crippen molar-refractivity contribution in [2.45, 2.75) is 26.8 Å². The molecule has 0 aliphatic rings. The highest BCUT2D eigenvalue weighted by Crippen LogP contribution is 2.16. The molecule has 0 aliphatic heterocycles. The molecular formula is C14H19N3. The highest BCUT2D eigenvalue weighted by atomic mass is 15.1. The van der Waals surface area contributed by atoms with Gasteiger partial charge in [0.1, 0.15) is 5.82 Å². The lowest BCUT2D eigenvalue weighted by Gasteiger charge is -2.07. The fourth-order valence-electron chi connectivity index (χ4n) is 1.88. The zero-order chi connectivity index (χ0) is 12.3. The van der Waals surface area contributed by atoms with Crippen LogP contribution in [-0.4, -0.2) is 9.55 Å². The van der Waals surface area contributed by atoms with Crippen LogP contribution in [0.2, 0.25) is 0 Å². The molecule has 0 atom stereocenters. The van der Waals surface area contributed by atoms with E-state index in [1.54, 1.807) is 0 Å². The maximum absolute atomic E-state index is 6.10. The third kappa shape index (κ3) is 2.87. The topological polar surface area (TPSA) is 43.8 Å². The highest BCUT2D eigenvalue weighted by molar-refractivity contribution is 5.37. The molecule has 17 heavy (non-hydrogen) atoms. The van der Waals surface area contributed by atoms with Gasteiger partial charge in [-0.25, -0.2) is 4.98 Å². The summed E-state index contributed by atoms with van der Waals surface area (Å²) in [5, 5.41) is 0. The summed E-state index contributed by atoms with van der Waals surface area (Å²) in [6, 6.07) is 10.3. The van der Waals surface area contributed by atoms with E-state index in [-0.39, 0.29) is 0 Å². The van der Waals surface area contributed by atoms with E-state index in [1.807, 2.05) is 29.1 Å². The number of nitrogen functional groups attached to an aromatic ring is 1. The molecule has 2 rings (SSSR count). The molecule has 3 heteroatoms. The molecular weight excluding hydrogens is 210 g/mol. The number of nitrogens with zero attached hydrogens (tertiary/aromatic N) is 2. The maximum atomic E-state index is 6.10. The van der Waals surface area contributed by atoms with Crippen molar-refractivity contribution in [3.63, 3.8) is 0 Å². The van der Waals surface area contributed by atoms with Crippen molar-refractivity contribution in [2.24, 2.45) is 5.92 Å². The summed E-state index contributed by atoms with van der Waals surface area (Å²) in [6.45, 7) is 5.14. The average molecular weight is 229 g/mol. The molecule has 0 radical (unpaired) electrons. The fraction of sp³-hybridized carbons (Fsp3) is 0.357. The molecule has 0 fully saturated rings. The van der Waals surface area contributed by atoms with Crippen LogP contribution in [0.4, 0.5) is 5.82 Å². The van der Waals surface area contributed by atoms with Gasteiger partial charge in [-0.1, -0.05) is 44.2 Å². The Labute approximate surface area is 102 Å². The molecule has 2 N–H and O–H groups in total. The molecule has 1 heterocycles. The van der Waals surface area contributed by atoms with Crippen molar-refractivity contribution >= 4 is 5.82 Å². The van der Waals surface area contributed by atoms with Crippen molar-refractivity contribution in [3.05, 3.63) is 47.9 Å². The highest BCUT2D eigenvalue weighted by Gasteiger charge is 2.09. The first kappa shape index (κ1) is 11.7. The first-order chi connectivity index (χ1) is 8.16. The van der Waals surface area contributed by atoms with Crippen LogP contribution in [-0.2, 0) is 13.0 Å². The molecule has 1 aromatic carbocycles. The zero-order valence-electron chi connectivity index (χ0n) is 10.4. The second-order valence-corrected chi connectivity index (χ2v) is 4.79. The third-order valence-electron chi connectivity index (χ3n) is 2.76. The lowest BCUT2D eigenvalue weighted by molar-refractivity contribution is 0.638.